The Morgan fingerprint density at radius 3 is 1.88 bits per heavy atom. The molecule has 0 unspecified atom stereocenters. The van der Waals surface area contributed by atoms with Crippen LogP contribution in [0.4, 0.5) is 11.6 Å². The van der Waals surface area contributed by atoms with Crippen LogP contribution in [0.3, 0.4) is 0 Å². The number of benzene rings is 1. The number of hydrogen-bond donors (Lipinski definition) is 15. The maximum Gasteiger partial charge on any atom is 0.328 e. The van der Waals surface area contributed by atoms with E-state index in [1.165, 1.54) is 30.5 Å². The van der Waals surface area contributed by atoms with Crippen LogP contribution in [0.5, 0.6) is 0 Å². The molecule has 2 aromatic heterocycles. The number of amides is 6. The molecule has 366 valence electrons. The van der Waals surface area contributed by atoms with Crippen LogP contribution in [-0.4, -0.2) is 149 Å². The number of carbonyl (C=O) groups excluding carboxylic acids is 6. The average molecular weight is 956 g/mol. The summed E-state index contributed by atoms with van der Waals surface area (Å²) in [4.78, 5) is 155. The molecule has 0 radical (unpaired) electrons. The Morgan fingerprint density at radius 2 is 1.31 bits per heavy atom. The van der Waals surface area contributed by atoms with Gasteiger partial charge < -0.3 is 74.8 Å². The highest BCUT2D eigenvalue weighted by Crippen LogP contribution is 2.13. The van der Waals surface area contributed by atoms with Gasteiger partial charge in [0.15, 0.2) is 17.1 Å². The van der Waals surface area contributed by atoms with Gasteiger partial charge in [-0.25, -0.2) is 19.6 Å². The van der Waals surface area contributed by atoms with Gasteiger partial charge in [0.2, 0.25) is 35.5 Å². The van der Waals surface area contributed by atoms with Gasteiger partial charge in [0.25, 0.3) is 11.5 Å². The highest BCUT2D eigenvalue weighted by Gasteiger charge is 2.33. The third-order valence-corrected chi connectivity index (χ3v) is 9.16. The number of rotatable bonds is 27. The number of nitrogen functional groups attached to an aromatic ring is 1. The van der Waals surface area contributed by atoms with Gasteiger partial charge in [0.1, 0.15) is 30.2 Å². The minimum Gasteiger partial charge on any atom is -0.481 e. The molecular formula is C38H49N15O15. The molecule has 3 aromatic rings. The van der Waals surface area contributed by atoms with Crippen LogP contribution in [0.15, 0.2) is 40.2 Å². The minimum atomic E-state index is -1.96. The fraction of sp³-hybridized carbons (Fsp3) is 0.395. The number of H-pyrrole nitrogens is 1. The lowest BCUT2D eigenvalue weighted by atomic mass is 10.1. The number of anilines is 2. The standard InChI is InChI=1S/C38H49N15O15/c1-16(54)43-15-24(36(67)68)51-33(63)23(12-27(58)59)50-31(61)20(3-2-10-42-37(39)40)48-32(62)22(11-26(56)57)47-25(55)9-8-21(35(65)66)49-30(60)17-4-6-18(7-5-17)44-13-19-14-45-29-28(46-19)34(64)53-38(41)52-29/h4-7,14,20-24,44H,2-3,8-13,15H2,1H3,(H,43,54)(H,47,55)(H,48,62)(H,49,60)(H,50,61)(H,51,63)(H,56,57)(H,58,59)(H,65,66)(H,67,68)(H4,39,40,42)(H3,41,45,52,53,64)/t20-,21-,22-,23-,24-/m0/s1. The van der Waals surface area contributed by atoms with Gasteiger partial charge in [-0.3, -0.25) is 53.1 Å². The summed E-state index contributed by atoms with van der Waals surface area (Å²) in [6.07, 6.45) is -2.40. The van der Waals surface area contributed by atoms with Gasteiger partial charge in [-0.15, -0.1) is 0 Å². The summed E-state index contributed by atoms with van der Waals surface area (Å²) in [5.74, 6) is -13.2. The Balaban J connectivity index is 1.67. The monoisotopic (exact) mass is 955 g/mol. The van der Waals surface area contributed by atoms with Gasteiger partial charge >= 0.3 is 23.9 Å². The van der Waals surface area contributed by atoms with Crippen molar-refractivity contribution in [2.45, 2.75) is 82.2 Å². The van der Waals surface area contributed by atoms with Crippen molar-refractivity contribution in [1.82, 2.24) is 51.8 Å². The Labute approximate surface area is 382 Å². The summed E-state index contributed by atoms with van der Waals surface area (Å²) in [6, 6.07) is -3.27. The van der Waals surface area contributed by atoms with Gasteiger partial charge in [-0.05, 0) is 43.5 Å². The quantitative estimate of drug-likeness (QED) is 0.0193. The number of carboxylic acids is 4. The lowest BCUT2D eigenvalue weighted by Crippen LogP contribution is -2.59. The fourth-order valence-corrected chi connectivity index (χ4v) is 5.83. The topological polar surface area (TPSA) is 498 Å². The van der Waals surface area contributed by atoms with E-state index in [0.717, 1.165) is 6.92 Å². The van der Waals surface area contributed by atoms with Crippen LogP contribution in [0, 0.1) is 0 Å². The average Bonchev–Trinajstić information content (AvgIpc) is 3.25. The van der Waals surface area contributed by atoms with Crippen LogP contribution in [0.2, 0.25) is 0 Å². The van der Waals surface area contributed by atoms with Crippen molar-refractivity contribution in [3.05, 3.63) is 52.1 Å². The van der Waals surface area contributed by atoms with Crippen molar-refractivity contribution in [1.29, 1.82) is 0 Å². The number of fused-ring (bicyclic) bond motifs is 1. The molecule has 3 rings (SSSR count). The molecule has 30 nitrogen and oxygen atoms in total. The van der Waals surface area contributed by atoms with Crippen molar-refractivity contribution in [2.24, 2.45) is 16.5 Å². The summed E-state index contributed by atoms with van der Waals surface area (Å²) in [6.45, 7) is 0.437. The number of nitrogens with zero attached hydrogens (tertiary/aromatic N) is 4. The zero-order chi connectivity index (χ0) is 50.7. The van der Waals surface area contributed by atoms with Crippen molar-refractivity contribution in [3.63, 3.8) is 0 Å². The molecule has 18 N–H and O–H groups in total. The van der Waals surface area contributed by atoms with Gasteiger partial charge in [-0.1, -0.05) is 0 Å². The number of hydrogen-bond acceptors (Lipinski definition) is 17. The number of carboxylic acid groups (broad SMARTS) is 4. The Kier molecular flexibility index (Phi) is 20.0. The first kappa shape index (κ1) is 53.3. The molecule has 1 aromatic carbocycles. The fourth-order valence-electron chi connectivity index (χ4n) is 5.83. The van der Waals surface area contributed by atoms with Crippen LogP contribution in [-0.2, 0) is 49.7 Å². The zero-order valence-electron chi connectivity index (χ0n) is 35.9. The molecule has 0 aliphatic rings. The second-order valence-corrected chi connectivity index (χ2v) is 14.5. The van der Waals surface area contributed by atoms with E-state index in [1.807, 2.05) is 5.32 Å². The zero-order valence-corrected chi connectivity index (χ0v) is 35.9. The summed E-state index contributed by atoms with van der Waals surface area (Å²) >= 11 is 0. The van der Waals surface area contributed by atoms with E-state index < -0.39 is 127 Å². The summed E-state index contributed by atoms with van der Waals surface area (Å²) in [7, 11) is 0. The second-order valence-electron chi connectivity index (χ2n) is 14.5. The molecule has 5 atom stereocenters. The number of aliphatic carboxylic acids is 4. The van der Waals surface area contributed by atoms with E-state index in [0.29, 0.717) is 11.4 Å². The normalized spacial score (nSPS) is 12.9. The third kappa shape index (κ3) is 17.9. The molecule has 0 aliphatic heterocycles. The van der Waals surface area contributed by atoms with E-state index >= 15 is 0 Å². The predicted molar refractivity (Wildman–Crippen MR) is 233 cm³/mol. The third-order valence-electron chi connectivity index (χ3n) is 9.16. The molecule has 0 bridgehead atoms. The number of carbonyl (C=O) groups is 10. The number of aromatic amines is 1. The molecular weight excluding hydrogens is 907 g/mol. The van der Waals surface area contributed by atoms with E-state index in [1.54, 1.807) is 0 Å². The van der Waals surface area contributed by atoms with Crippen LogP contribution in [0.1, 0.15) is 61.5 Å². The summed E-state index contributed by atoms with van der Waals surface area (Å²) < 4.78 is 0. The molecule has 6 amide bonds. The Hall–Kier alpha value is -8.99. The van der Waals surface area contributed by atoms with Crippen molar-refractivity contribution < 1.29 is 68.4 Å². The predicted octanol–water partition coefficient (Wildman–Crippen LogP) is -4.97. The first-order valence-electron chi connectivity index (χ1n) is 20.1. The molecule has 0 saturated heterocycles. The van der Waals surface area contributed by atoms with Crippen LogP contribution in [0.25, 0.3) is 11.2 Å². The van der Waals surface area contributed by atoms with E-state index in [4.69, 9.17) is 17.2 Å². The minimum absolute atomic E-state index is 0.0170. The van der Waals surface area contributed by atoms with Crippen molar-refractivity contribution >= 4 is 88.1 Å². The lowest BCUT2D eigenvalue weighted by molar-refractivity contribution is -0.143. The van der Waals surface area contributed by atoms with Gasteiger partial charge in [0, 0.05) is 37.7 Å². The number of guanidine groups is 1. The number of aliphatic imine (C=N–C) groups is 1. The van der Waals surface area contributed by atoms with Gasteiger partial charge in [0.05, 0.1) is 31.3 Å². The Morgan fingerprint density at radius 1 is 0.735 bits per heavy atom. The van der Waals surface area contributed by atoms with Crippen molar-refractivity contribution in [3.8, 4) is 0 Å². The summed E-state index contributed by atoms with van der Waals surface area (Å²) in [5.41, 5.74) is 16.5. The highest BCUT2D eigenvalue weighted by atomic mass is 16.4. The second kappa shape index (κ2) is 25.5. The molecule has 0 aliphatic carbocycles. The molecule has 0 spiro atoms. The number of nitrogens with one attached hydrogen (secondary N) is 8. The van der Waals surface area contributed by atoms with Gasteiger partial charge in [-0.2, -0.15) is 4.98 Å². The van der Waals surface area contributed by atoms with Crippen molar-refractivity contribution in [2.75, 3.05) is 24.1 Å². The molecule has 0 fully saturated rings. The van der Waals surface area contributed by atoms with E-state index in [9.17, 15) is 73.2 Å². The van der Waals surface area contributed by atoms with Crippen LogP contribution < -0.4 is 60.0 Å². The molecule has 30 heteroatoms. The smallest absolute Gasteiger partial charge is 0.328 e. The molecule has 0 saturated carbocycles. The lowest BCUT2D eigenvalue weighted by Gasteiger charge is -2.25. The van der Waals surface area contributed by atoms with E-state index in [2.05, 4.69) is 56.8 Å². The number of nitrogens with two attached hydrogens (primary N) is 3. The molecule has 2 heterocycles. The maximum absolute atomic E-state index is 13.5. The van der Waals surface area contributed by atoms with E-state index in [-0.39, 0.29) is 54.6 Å². The first-order valence-corrected chi connectivity index (χ1v) is 20.1. The summed E-state index contributed by atoms with van der Waals surface area (Å²) in [5, 5.41) is 54.2. The molecule has 68 heavy (non-hydrogen) atoms. The first-order chi connectivity index (χ1) is 32.0. The number of aromatic nitrogens is 4. The Bertz CT molecular complexity index is 2480. The maximum atomic E-state index is 13.5. The highest BCUT2D eigenvalue weighted by molar-refractivity contribution is 5.98. The SMILES string of the molecule is CC(=O)NC[C@H](NC(=O)[C@H](CC(=O)O)NC(=O)[C@H](CCCN=C(N)N)NC(=O)[C@H](CC(=O)O)NC(=O)CC[C@H](NC(=O)c1ccc(NCc2cnc3nc(N)[nH]c(=O)c3n2)cc1)C(=O)O)C(=O)O. The largest absolute Gasteiger partial charge is 0.481 e. The van der Waals surface area contributed by atoms with Crippen LogP contribution >= 0.6 is 0 Å².